The minimum Gasteiger partial charge on any atom is -0.492 e. The molecule has 6 nitrogen and oxygen atoms in total. The molecule has 2 amide bonds. The summed E-state index contributed by atoms with van der Waals surface area (Å²) in [6.45, 7) is 6.36. The zero-order valence-corrected chi connectivity index (χ0v) is 17.3. The van der Waals surface area contributed by atoms with E-state index in [1.807, 2.05) is 36.9 Å². The van der Waals surface area contributed by atoms with Gasteiger partial charge in [-0.1, -0.05) is 18.2 Å². The van der Waals surface area contributed by atoms with Gasteiger partial charge in [0, 0.05) is 12.2 Å². The van der Waals surface area contributed by atoms with Gasteiger partial charge in [0.25, 0.3) is 0 Å². The second-order valence-corrected chi connectivity index (χ2v) is 6.99. The number of hydrogen-bond acceptors (Lipinski definition) is 4. The molecular weight excluding hydrogens is 373 g/mol. The third-order valence-electron chi connectivity index (χ3n) is 4.74. The van der Waals surface area contributed by atoms with Crippen molar-refractivity contribution in [1.29, 1.82) is 0 Å². The van der Waals surface area contributed by atoms with Crippen molar-refractivity contribution in [2.75, 3.05) is 32.1 Å². The number of halogens is 1. The molecule has 1 atom stereocenters. The molecule has 0 fully saturated rings. The lowest BCUT2D eigenvalue weighted by Crippen LogP contribution is -2.46. The zero-order valence-electron chi connectivity index (χ0n) is 17.3. The van der Waals surface area contributed by atoms with Crippen LogP contribution in [0.2, 0.25) is 0 Å². The normalized spacial score (nSPS) is 11.8. The Balaban J connectivity index is 1.74. The standard InChI is InChI=1S/C22H28FN3O3/c1-15-6-5-7-16(2)21(15)25-20(27)14-24-22(28)17(3)26(4)12-13-29-19-10-8-18(23)9-11-19/h5-11,17H,12-14H2,1-4H3,(H,24,28)(H,25,27). The molecule has 0 aliphatic heterocycles. The third kappa shape index (κ3) is 6.87. The molecule has 156 valence electrons. The van der Waals surface area contributed by atoms with E-state index in [2.05, 4.69) is 10.6 Å². The van der Waals surface area contributed by atoms with Crippen molar-refractivity contribution < 1.29 is 18.7 Å². The number of amides is 2. The molecule has 29 heavy (non-hydrogen) atoms. The molecule has 0 spiro atoms. The van der Waals surface area contributed by atoms with Crippen LogP contribution >= 0.6 is 0 Å². The quantitative estimate of drug-likeness (QED) is 0.678. The number of carbonyl (C=O) groups is 2. The van der Waals surface area contributed by atoms with Crippen LogP contribution in [-0.4, -0.2) is 49.5 Å². The van der Waals surface area contributed by atoms with E-state index in [1.165, 1.54) is 12.1 Å². The van der Waals surface area contributed by atoms with Crippen molar-refractivity contribution in [2.24, 2.45) is 0 Å². The number of carbonyl (C=O) groups excluding carboxylic acids is 2. The first-order chi connectivity index (χ1) is 13.8. The maximum Gasteiger partial charge on any atom is 0.243 e. The van der Waals surface area contributed by atoms with E-state index in [-0.39, 0.29) is 24.2 Å². The van der Waals surface area contributed by atoms with Gasteiger partial charge < -0.3 is 15.4 Å². The summed E-state index contributed by atoms with van der Waals surface area (Å²) in [5, 5.41) is 5.51. The molecule has 0 aliphatic carbocycles. The molecule has 1 unspecified atom stereocenters. The summed E-state index contributed by atoms with van der Waals surface area (Å²) in [6, 6.07) is 11.1. The van der Waals surface area contributed by atoms with E-state index in [4.69, 9.17) is 4.74 Å². The van der Waals surface area contributed by atoms with Gasteiger partial charge in [-0.3, -0.25) is 14.5 Å². The highest BCUT2D eigenvalue weighted by molar-refractivity contribution is 5.96. The highest BCUT2D eigenvalue weighted by atomic mass is 19.1. The van der Waals surface area contributed by atoms with Crippen LogP contribution in [0.25, 0.3) is 0 Å². The molecule has 0 bridgehead atoms. The molecule has 2 aromatic carbocycles. The first-order valence-electron chi connectivity index (χ1n) is 9.50. The lowest BCUT2D eigenvalue weighted by atomic mass is 10.1. The predicted molar refractivity (Wildman–Crippen MR) is 112 cm³/mol. The molecule has 2 N–H and O–H groups in total. The Bertz CT molecular complexity index is 819. The molecule has 2 aromatic rings. The van der Waals surface area contributed by atoms with Crippen LogP contribution in [0.15, 0.2) is 42.5 Å². The van der Waals surface area contributed by atoms with Crippen LogP contribution in [0.1, 0.15) is 18.1 Å². The summed E-state index contributed by atoms with van der Waals surface area (Å²) in [7, 11) is 1.80. The SMILES string of the molecule is Cc1cccc(C)c1NC(=O)CNC(=O)C(C)N(C)CCOc1ccc(F)cc1. The third-order valence-corrected chi connectivity index (χ3v) is 4.74. The van der Waals surface area contributed by atoms with Gasteiger partial charge in [-0.15, -0.1) is 0 Å². The summed E-state index contributed by atoms with van der Waals surface area (Å²) in [6.07, 6.45) is 0. The Morgan fingerprint density at radius 1 is 1.10 bits per heavy atom. The van der Waals surface area contributed by atoms with E-state index in [9.17, 15) is 14.0 Å². The first-order valence-corrected chi connectivity index (χ1v) is 9.50. The number of hydrogen-bond donors (Lipinski definition) is 2. The number of benzene rings is 2. The maximum absolute atomic E-state index is 12.9. The van der Waals surface area contributed by atoms with Crippen LogP contribution < -0.4 is 15.4 Å². The van der Waals surface area contributed by atoms with E-state index in [1.54, 1.807) is 26.1 Å². The summed E-state index contributed by atoms with van der Waals surface area (Å²) < 4.78 is 18.4. The Morgan fingerprint density at radius 2 is 1.72 bits per heavy atom. The van der Waals surface area contributed by atoms with Crippen LogP contribution in [0.3, 0.4) is 0 Å². The molecule has 2 rings (SSSR count). The second kappa shape index (κ2) is 10.6. The van der Waals surface area contributed by atoms with Crippen LogP contribution in [-0.2, 0) is 9.59 Å². The highest BCUT2D eigenvalue weighted by Gasteiger charge is 2.18. The molecule has 0 aliphatic rings. The fourth-order valence-corrected chi connectivity index (χ4v) is 2.74. The topological polar surface area (TPSA) is 70.7 Å². The van der Waals surface area contributed by atoms with E-state index in [0.717, 1.165) is 16.8 Å². The first kappa shape index (κ1) is 22.4. The van der Waals surface area contributed by atoms with Gasteiger partial charge in [0.2, 0.25) is 11.8 Å². The van der Waals surface area contributed by atoms with Gasteiger partial charge in [0.15, 0.2) is 0 Å². The van der Waals surface area contributed by atoms with Gasteiger partial charge in [0.1, 0.15) is 18.2 Å². The Kier molecular flexibility index (Phi) is 8.15. The number of nitrogens with one attached hydrogen (secondary N) is 2. The lowest BCUT2D eigenvalue weighted by Gasteiger charge is -2.23. The monoisotopic (exact) mass is 401 g/mol. The molecule has 0 saturated heterocycles. The number of nitrogens with zero attached hydrogens (tertiary/aromatic N) is 1. The average Bonchev–Trinajstić information content (AvgIpc) is 2.69. The average molecular weight is 401 g/mol. The molecule has 0 saturated carbocycles. The van der Waals surface area contributed by atoms with Gasteiger partial charge in [-0.25, -0.2) is 4.39 Å². The molecule has 0 heterocycles. The largest absolute Gasteiger partial charge is 0.492 e. The maximum atomic E-state index is 12.9. The summed E-state index contributed by atoms with van der Waals surface area (Å²) in [5.74, 6) is -0.266. The van der Waals surface area contributed by atoms with Gasteiger partial charge in [-0.05, 0) is 63.2 Å². The number of ether oxygens (including phenoxy) is 1. The summed E-state index contributed by atoms with van der Waals surface area (Å²) in [5.41, 5.74) is 2.72. The van der Waals surface area contributed by atoms with E-state index < -0.39 is 6.04 Å². The van der Waals surface area contributed by atoms with Crippen molar-refractivity contribution in [3.63, 3.8) is 0 Å². The second-order valence-electron chi connectivity index (χ2n) is 6.99. The zero-order chi connectivity index (χ0) is 21.4. The molecule has 0 aromatic heterocycles. The lowest BCUT2D eigenvalue weighted by molar-refractivity contribution is -0.127. The van der Waals surface area contributed by atoms with Crippen LogP contribution in [0.4, 0.5) is 10.1 Å². The van der Waals surface area contributed by atoms with Gasteiger partial charge >= 0.3 is 0 Å². The van der Waals surface area contributed by atoms with Gasteiger partial charge in [0.05, 0.1) is 12.6 Å². The number of anilines is 1. The Labute approximate surface area is 171 Å². The number of aryl methyl sites for hydroxylation is 2. The predicted octanol–water partition coefficient (Wildman–Crippen LogP) is 2.90. The summed E-state index contributed by atoms with van der Waals surface area (Å²) >= 11 is 0. The Morgan fingerprint density at radius 3 is 2.34 bits per heavy atom. The fraction of sp³-hybridized carbons (Fsp3) is 0.364. The van der Waals surface area contributed by atoms with Gasteiger partial charge in [-0.2, -0.15) is 0 Å². The van der Waals surface area contributed by atoms with Crippen molar-refractivity contribution in [2.45, 2.75) is 26.8 Å². The van der Waals surface area contributed by atoms with Crippen molar-refractivity contribution in [3.8, 4) is 5.75 Å². The minimum atomic E-state index is -0.431. The number of likely N-dealkylation sites (N-methyl/N-ethyl adjacent to an activating group) is 1. The number of rotatable bonds is 9. The van der Waals surface area contributed by atoms with Crippen molar-refractivity contribution in [1.82, 2.24) is 10.2 Å². The van der Waals surface area contributed by atoms with E-state index >= 15 is 0 Å². The van der Waals surface area contributed by atoms with Crippen molar-refractivity contribution >= 4 is 17.5 Å². The Hall–Kier alpha value is -2.93. The minimum absolute atomic E-state index is 0.100. The molecule has 0 radical (unpaired) electrons. The molecular formula is C22H28FN3O3. The fourth-order valence-electron chi connectivity index (χ4n) is 2.74. The van der Waals surface area contributed by atoms with Crippen LogP contribution in [0.5, 0.6) is 5.75 Å². The molecule has 7 heteroatoms. The van der Waals surface area contributed by atoms with Crippen LogP contribution in [0, 0.1) is 19.7 Å². The van der Waals surface area contributed by atoms with Crippen molar-refractivity contribution in [3.05, 3.63) is 59.4 Å². The smallest absolute Gasteiger partial charge is 0.243 e. The van der Waals surface area contributed by atoms with E-state index in [0.29, 0.717) is 18.9 Å². The highest BCUT2D eigenvalue weighted by Crippen LogP contribution is 2.19. The summed E-state index contributed by atoms with van der Waals surface area (Å²) in [4.78, 5) is 26.3. The number of para-hydroxylation sites is 1.